The maximum Gasteiger partial charge on any atom is 0.147 e. The first-order valence-corrected chi connectivity index (χ1v) is 5.57. The van der Waals surface area contributed by atoms with Gasteiger partial charge in [-0.2, -0.15) is 0 Å². The number of aliphatic hydroxyl groups is 2. The Kier molecular flexibility index (Phi) is 4.99. The highest BCUT2D eigenvalue weighted by Gasteiger charge is 2.09. The van der Waals surface area contributed by atoms with E-state index in [9.17, 15) is 5.11 Å². The molecule has 4 nitrogen and oxygen atoms in total. The number of aliphatic hydroxyl groups excluding tert-OH is 2. The van der Waals surface area contributed by atoms with Gasteiger partial charge in [-0.05, 0) is 25.0 Å². The summed E-state index contributed by atoms with van der Waals surface area (Å²) in [6, 6.07) is 1.70. The molecule has 0 spiro atoms. The zero-order valence-corrected chi connectivity index (χ0v) is 10.3. The minimum Gasteiger partial charge on any atom is -0.393 e. The van der Waals surface area contributed by atoms with Crippen LogP contribution in [0.4, 0.5) is 5.82 Å². The molecule has 1 heterocycles. The van der Waals surface area contributed by atoms with Gasteiger partial charge in [0.25, 0.3) is 0 Å². The highest BCUT2D eigenvalue weighted by atomic mass is 35.5. The first-order valence-electron chi connectivity index (χ1n) is 5.19. The summed E-state index contributed by atoms with van der Waals surface area (Å²) in [5, 5.41) is 18.6. The van der Waals surface area contributed by atoms with Crippen molar-refractivity contribution in [3.63, 3.8) is 0 Å². The molecule has 1 aromatic rings. The summed E-state index contributed by atoms with van der Waals surface area (Å²) in [4.78, 5) is 6.06. The van der Waals surface area contributed by atoms with Crippen molar-refractivity contribution >= 4 is 17.4 Å². The highest BCUT2D eigenvalue weighted by molar-refractivity contribution is 6.33. The second-order valence-electron chi connectivity index (χ2n) is 3.87. The van der Waals surface area contributed by atoms with Gasteiger partial charge in [-0.15, -0.1) is 0 Å². The molecule has 0 aliphatic carbocycles. The molecule has 0 aliphatic heterocycles. The van der Waals surface area contributed by atoms with E-state index < -0.39 is 0 Å². The molecule has 0 bridgehead atoms. The van der Waals surface area contributed by atoms with Crippen LogP contribution >= 0.6 is 11.6 Å². The van der Waals surface area contributed by atoms with E-state index >= 15 is 0 Å². The van der Waals surface area contributed by atoms with Crippen LogP contribution in [0.2, 0.25) is 5.02 Å². The molecule has 0 aromatic carbocycles. The summed E-state index contributed by atoms with van der Waals surface area (Å²) in [5.41, 5.74) is 0.692. The van der Waals surface area contributed by atoms with Crippen LogP contribution in [0.1, 0.15) is 18.9 Å². The average molecular weight is 245 g/mol. The third-order valence-electron chi connectivity index (χ3n) is 2.30. The van der Waals surface area contributed by atoms with Gasteiger partial charge in [-0.3, -0.25) is 0 Å². The Balaban J connectivity index is 2.71. The Morgan fingerprint density at radius 1 is 1.56 bits per heavy atom. The smallest absolute Gasteiger partial charge is 0.147 e. The van der Waals surface area contributed by atoms with E-state index in [1.54, 1.807) is 19.2 Å². The lowest BCUT2D eigenvalue weighted by molar-refractivity contribution is 0.187. The number of pyridine rings is 1. The summed E-state index contributed by atoms with van der Waals surface area (Å²) in [5.74, 6) is 0.666. The van der Waals surface area contributed by atoms with E-state index in [4.69, 9.17) is 16.7 Å². The Morgan fingerprint density at radius 3 is 2.75 bits per heavy atom. The number of hydrogen-bond donors (Lipinski definition) is 2. The largest absolute Gasteiger partial charge is 0.393 e. The van der Waals surface area contributed by atoms with Gasteiger partial charge in [-0.25, -0.2) is 4.98 Å². The fraction of sp³-hybridized carbons (Fsp3) is 0.545. The zero-order chi connectivity index (χ0) is 12.1. The van der Waals surface area contributed by atoms with Gasteiger partial charge >= 0.3 is 0 Å². The SMILES string of the molecule is CC(O)CCN(C)c1ncc(CO)cc1Cl. The van der Waals surface area contributed by atoms with Crippen LogP contribution in [0.25, 0.3) is 0 Å². The van der Waals surface area contributed by atoms with Crippen molar-refractivity contribution < 1.29 is 10.2 Å². The molecule has 0 aliphatic rings. The first kappa shape index (κ1) is 13.2. The van der Waals surface area contributed by atoms with Gasteiger partial charge < -0.3 is 15.1 Å². The first-order chi connectivity index (χ1) is 7.54. The summed E-state index contributed by atoms with van der Waals surface area (Å²) >= 11 is 6.04. The summed E-state index contributed by atoms with van der Waals surface area (Å²) in [7, 11) is 1.87. The molecule has 2 N–H and O–H groups in total. The van der Waals surface area contributed by atoms with E-state index in [-0.39, 0.29) is 12.7 Å². The van der Waals surface area contributed by atoms with Crippen molar-refractivity contribution in [2.45, 2.75) is 26.1 Å². The minimum absolute atomic E-state index is 0.0651. The van der Waals surface area contributed by atoms with Crippen molar-refractivity contribution in [2.24, 2.45) is 0 Å². The van der Waals surface area contributed by atoms with Crippen LogP contribution in [-0.4, -0.2) is 34.9 Å². The Morgan fingerprint density at radius 2 is 2.25 bits per heavy atom. The number of rotatable bonds is 5. The van der Waals surface area contributed by atoms with Gasteiger partial charge in [0.05, 0.1) is 17.7 Å². The van der Waals surface area contributed by atoms with Gasteiger partial charge in [0.2, 0.25) is 0 Å². The number of aromatic nitrogens is 1. The van der Waals surface area contributed by atoms with Crippen molar-refractivity contribution in [1.82, 2.24) is 4.98 Å². The van der Waals surface area contributed by atoms with Crippen LogP contribution in [0.15, 0.2) is 12.3 Å². The molecule has 16 heavy (non-hydrogen) atoms. The average Bonchev–Trinajstić information content (AvgIpc) is 2.25. The Bertz CT molecular complexity index is 345. The lowest BCUT2D eigenvalue weighted by Crippen LogP contribution is -2.23. The van der Waals surface area contributed by atoms with E-state index in [1.165, 1.54) is 0 Å². The van der Waals surface area contributed by atoms with Crippen molar-refractivity contribution in [2.75, 3.05) is 18.5 Å². The van der Waals surface area contributed by atoms with E-state index in [0.29, 0.717) is 29.4 Å². The number of hydrogen-bond acceptors (Lipinski definition) is 4. The lowest BCUT2D eigenvalue weighted by Gasteiger charge is -2.20. The number of nitrogens with zero attached hydrogens (tertiary/aromatic N) is 2. The number of anilines is 1. The van der Waals surface area contributed by atoms with Crippen LogP contribution in [0.3, 0.4) is 0 Å². The molecule has 0 radical (unpaired) electrons. The number of halogens is 1. The monoisotopic (exact) mass is 244 g/mol. The normalized spacial score (nSPS) is 12.6. The van der Waals surface area contributed by atoms with Gasteiger partial charge in [-0.1, -0.05) is 11.6 Å². The summed E-state index contributed by atoms with van der Waals surface area (Å²) in [6.45, 7) is 2.37. The molecule has 90 valence electrons. The minimum atomic E-state index is -0.335. The topological polar surface area (TPSA) is 56.6 Å². The van der Waals surface area contributed by atoms with Crippen LogP contribution in [-0.2, 0) is 6.61 Å². The predicted octanol–water partition coefficient (Wildman–Crippen LogP) is 1.43. The summed E-state index contributed by atoms with van der Waals surface area (Å²) in [6.07, 6.45) is 1.93. The molecule has 0 fully saturated rings. The molecular formula is C11H17ClN2O2. The molecule has 0 saturated heterocycles. The van der Waals surface area contributed by atoms with Crippen molar-refractivity contribution in [3.8, 4) is 0 Å². The fourth-order valence-electron chi connectivity index (χ4n) is 1.32. The molecule has 1 unspecified atom stereocenters. The van der Waals surface area contributed by atoms with E-state index in [0.717, 1.165) is 0 Å². The van der Waals surface area contributed by atoms with Crippen LogP contribution in [0.5, 0.6) is 0 Å². The lowest BCUT2D eigenvalue weighted by atomic mass is 10.2. The molecule has 0 amide bonds. The molecule has 1 atom stereocenters. The predicted molar refractivity (Wildman–Crippen MR) is 64.7 cm³/mol. The fourth-order valence-corrected chi connectivity index (χ4v) is 1.66. The third-order valence-corrected chi connectivity index (χ3v) is 2.58. The molecule has 5 heteroatoms. The van der Waals surface area contributed by atoms with E-state index in [2.05, 4.69) is 4.98 Å². The molecule has 0 saturated carbocycles. The molecule has 1 aromatic heterocycles. The maximum absolute atomic E-state index is 9.19. The van der Waals surface area contributed by atoms with Gasteiger partial charge in [0, 0.05) is 19.8 Å². The van der Waals surface area contributed by atoms with Crippen molar-refractivity contribution in [1.29, 1.82) is 0 Å². The van der Waals surface area contributed by atoms with Gasteiger partial charge in [0.15, 0.2) is 0 Å². The zero-order valence-electron chi connectivity index (χ0n) is 9.52. The van der Waals surface area contributed by atoms with Gasteiger partial charge in [0.1, 0.15) is 5.82 Å². The van der Waals surface area contributed by atoms with Crippen LogP contribution < -0.4 is 4.90 Å². The Hall–Kier alpha value is -0.840. The van der Waals surface area contributed by atoms with E-state index in [1.807, 2.05) is 11.9 Å². The molecular weight excluding hydrogens is 228 g/mol. The second kappa shape index (κ2) is 6.03. The standard InChI is InChI=1S/C11H17ClN2O2/c1-8(16)3-4-14(2)11-10(12)5-9(7-15)6-13-11/h5-6,8,15-16H,3-4,7H2,1-2H3. The second-order valence-corrected chi connectivity index (χ2v) is 4.27. The third kappa shape index (κ3) is 3.63. The van der Waals surface area contributed by atoms with Crippen molar-refractivity contribution in [3.05, 3.63) is 22.8 Å². The summed E-state index contributed by atoms with van der Waals surface area (Å²) < 4.78 is 0. The Labute approximate surface area is 100 Å². The van der Waals surface area contributed by atoms with Crippen LogP contribution in [0, 0.1) is 0 Å². The maximum atomic E-state index is 9.19. The quantitative estimate of drug-likeness (QED) is 0.823. The molecule has 1 rings (SSSR count). The highest BCUT2D eigenvalue weighted by Crippen LogP contribution is 2.23.